The van der Waals surface area contributed by atoms with Crippen molar-refractivity contribution in [2.45, 2.75) is 60.8 Å². The van der Waals surface area contributed by atoms with Crippen LogP contribution in [0, 0.1) is 12.8 Å². The van der Waals surface area contributed by atoms with Gasteiger partial charge in [0.05, 0.1) is 0 Å². The molecule has 0 bridgehead atoms. The van der Waals surface area contributed by atoms with Crippen LogP contribution in [0.5, 0.6) is 0 Å². The first-order chi connectivity index (χ1) is 9.70. The number of anilines is 2. The highest BCUT2D eigenvalue weighted by molar-refractivity contribution is 5.59. The van der Waals surface area contributed by atoms with Crippen LogP contribution < -0.4 is 10.2 Å². The van der Waals surface area contributed by atoms with Crippen molar-refractivity contribution in [3.63, 3.8) is 0 Å². The first-order valence-electron chi connectivity index (χ1n) is 8.08. The van der Waals surface area contributed by atoms with Gasteiger partial charge in [0.2, 0.25) is 0 Å². The van der Waals surface area contributed by atoms with Crippen LogP contribution in [0.4, 0.5) is 11.6 Å². The van der Waals surface area contributed by atoms with Gasteiger partial charge >= 0.3 is 0 Å². The molecule has 0 radical (unpaired) electrons. The van der Waals surface area contributed by atoms with Crippen molar-refractivity contribution >= 4 is 11.6 Å². The Morgan fingerprint density at radius 1 is 1.14 bits per heavy atom. The highest BCUT2D eigenvalue weighted by Crippen LogP contribution is 2.28. The Balaban J connectivity index is 3.37. The molecular weight excluding hydrogens is 260 g/mol. The molecule has 0 aliphatic carbocycles. The summed E-state index contributed by atoms with van der Waals surface area (Å²) in [6, 6.07) is 0. The summed E-state index contributed by atoms with van der Waals surface area (Å²) in [4.78, 5) is 12.0. The fourth-order valence-corrected chi connectivity index (χ4v) is 2.29. The summed E-state index contributed by atoms with van der Waals surface area (Å²) >= 11 is 0. The highest BCUT2D eigenvalue weighted by atomic mass is 15.2. The van der Waals surface area contributed by atoms with Gasteiger partial charge in [-0.3, -0.25) is 0 Å². The summed E-state index contributed by atoms with van der Waals surface area (Å²) in [7, 11) is 0. The lowest BCUT2D eigenvalue weighted by Gasteiger charge is -2.28. The van der Waals surface area contributed by atoms with Crippen molar-refractivity contribution in [1.82, 2.24) is 9.97 Å². The van der Waals surface area contributed by atoms with E-state index in [1.54, 1.807) is 0 Å². The van der Waals surface area contributed by atoms with Crippen molar-refractivity contribution in [3.05, 3.63) is 11.4 Å². The van der Waals surface area contributed by atoms with Crippen molar-refractivity contribution in [2.24, 2.45) is 5.92 Å². The first-order valence-corrected chi connectivity index (χ1v) is 8.08. The minimum Gasteiger partial charge on any atom is -0.370 e. The van der Waals surface area contributed by atoms with Gasteiger partial charge in [-0.2, -0.15) is 0 Å². The number of aromatic nitrogens is 2. The summed E-state index contributed by atoms with van der Waals surface area (Å²) < 4.78 is 0. The monoisotopic (exact) mass is 292 g/mol. The maximum Gasteiger partial charge on any atom is 0.138 e. The third-order valence-electron chi connectivity index (χ3n) is 3.40. The van der Waals surface area contributed by atoms with E-state index in [0.29, 0.717) is 5.92 Å². The molecule has 21 heavy (non-hydrogen) atoms. The quantitative estimate of drug-likeness (QED) is 0.860. The largest absolute Gasteiger partial charge is 0.370 e. The van der Waals surface area contributed by atoms with Gasteiger partial charge in [0.1, 0.15) is 17.5 Å². The average Bonchev–Trinajstić information content (AvgIpc) is 2.37. The maximum atomic E-state index is 4.89. The molecule has 1 aromatic rings. The number of nitrogens with zero attached hydrogens (tertiary/aromatic N) is 3. The van der Waals surface area contributed by atoms with E-state index in [9.17, 15) is 0 Å². The maximum absolute atomic E-state index is 4.89. The molecule has 0 saturated heterocycles. The lowest BCUT2D eigenvalue weighted by Crippen LogP contribution is -2.31. The van der Waals surface area contributed by atoms with Gasteiger partial charge in [-0.15, -0.1) is 0 Å². The third kappa shape index (κ3) is 4.58. The first kappa shape index (κ1) is 17.7. The predicted molar refractivity (Wildman–Crippen MR) is 92.4 cm³/mol. The van der Waals surface area contributed by atoms with Crippen LogP contribution in [-0.2, 0) is 5.41 Å². The van der Waals surface area contributed by atoms with Crippen molar-refractivity contribution in [3.8, 4) is 0 Å². The van der Waals surface area contributed by atoms with Crippen LogP contribution in [0.3, 0.4) is 0 Å². The summed E-state index contributed by atoms with van der Waals surface area (Å²) in [6.45, 7) is 20.2. The fourth-order valence-electron chi connectivity index (χ4n) is 2.29. The molecule has 0 atom stereocenters. The normalized spacial score (nSPS) is 11.9. The van der Waals surface area contributed by atoms with E-state index in [0.717, 1.165) is 42.7 Å². The zero-order chi connectivity index (χ0) is 16.2. The summed E-state index contributed by atoms with van der Waals surface area (Å²) in [5.74, 6) is 3.55. The predicted octanol–water partition coefficient (Wildman–Crippen LogP) is 4.00. The number of hydrogen-bond acceptors (Lipinski definition) is 4. The molecule has 0 aromatic carbocycles. The SMILES string of the molecule is CCNc1nc(C(C)(C)C)nc(N(CC)CC(C)C)c1C. The smallest absolute Gasteiger partial charge is 0.138 e. The molecule has 1 rings (SSSR count). The molecule has 1 N–H and O–H groups in total. The number of nitrogens with one attached hydrogen (secondary N) is 1. The minimum absolute atomic E-state index is 0.0517. The Morgan fingerprint density at radius 2 is 1.76 bits per heavy atom. The van der Waals surface area contributed by atoms with Crippen LogP contribution in [0.2, 0.25) is 0 Å². The molecule has 120 valence electrons. The van der Waals surface area contributed by atoms with E-state index in [1.807, 2.05) is 0 Å². The lowest BCUT2D eigenvalue weighted by atomic mass is 9.95. The van der Waals surface area contributed by atoms with Crippen LogP contribution in [0.25, 0.3) is 0 Å². The van der Waals surface area contributed by atoms with Gasteiger partial charge in [-0.05, 0) is 26.7 Å². The van der Waals surface area contributed by atoms with E-state index >= 15 is 0 Å². The molecule has 4 heteroatoms. The molecule has 1 heterocycles. The highest BCUT2D eigenvalue weighted by Gasteiger charge is 2.23. The van der Waals surface area contributed by atoms with Gasteiger partial charge in [0.15, 0.2) is 0 Å². The summed E-state index contributed by atoms with van der Waals surface area (Å²) in [5, 5.41) is 3.38. The third-order valence-corrected chi connectivity index (χ3v) is 3.40. The summed E-state index contributed by atoms with van der Waals surface area (Å²) in [6.07, 6.45) is 0. The second-order valence-corrected chi connectivity index (χ2v) is 7.06. The van der Waals surface area contributed by atoms with Crippen LogP contribution in [0.1, 0.15) is 59.9 Å². The van der Waals surface area contributed by atoms with E-state index in [4.69, 9.17) is 9.97 Å². The molecular formula is C17H32N4. The fraction of sp³-hybridized carbons (Fsp3) is 0.765. The second-order valence-electron chi connectivity index (χ2n) is 7.06. The Hall–Kier alpha value is -1.32. The van der Waals surface area contributed by atoms with Crippen molar-refractivity contribution < 1.29 is 0 Å². The summed E-state index contributed by atoms with van der Waals surface area (Å²) in [5.41, 5.74) is 1.09. The molecule has 0 fully saturated rings. The van der Waals surface area contributed by atoms with E-state index < -0.39 is 0 Å². The zero-order valence-corrected chi connectivity index (χ0v) is 15.0. The molecule has 0 aliphatic rings. The van der Waals surface area contributed by atoms with Crippen LogP contribution in [-0.4, -0.2) is 29.6 Å². The Morgan fingerprint density at radius 3 is 2.19 bits per heavy atom. The van der Waals surface area contributed by atoms with Crippen LogP contribution in [0.15, 0.2) is 0 Å². The molecule has 1 aromatic heterocycles. The van der Waals surface area contributed by atoms with E-state index in [1.165, 1.54) is 0 Å². The van der Waals surface area contributed by atoms with E-state index in [-0.39, 0.29) is 5.41 Å². The lowest BCUT2D eigenvalue weighted by molar-refractivity contribution is 0.541. The van der Waals surface area contributed by atoms with E-state index in [2.05, 4.69) is 65.6 Å². The molecule has 0 spiro atoms. The molecule has 0 amide bonds. The molecule has 0 saturated carbocycles. The van der Waals surface area contributed by atoms with Gasteiger partial charge < -0.3 is 10.2 Å². The van der Waals surface area contributed by atoms with Crippen molar-refractivity contribution in [1.29, 1.82) is 0 Å². The molecule has 0 aliphatic heterocycles. The zero-order valence-electron chi connectivity index (χ0n) is 15.0. The standard InChI is InChI=1S/C17H32N4/c1-9-18-14-13(5)15(21(10-2)11-12(3)4)20-16(19-14)17(6,7)8/h12H,9-11H2,1-8H3,(H,18,19,20). The minimum atomic E-state index is -0.0517. The van der Waals surface area contributed by atoms with Gasteiger partial charge in [-0.25, -0.2) is 9.97 Å². The average molecular weight is 292 g/mol. The van der Waals surface area contributed by atoms with Crippen LogP contribution >= 0.6 is 0 Å². The van der Waals surface area contributed by atoms with Gasteiger partial charge in [-0.1, -0.05) is 34.6 Å². The topological polar surface area (TPSA) is 41.1 Å². The van der Waals surface area contributed by atoms with Gasteiger partial charge in [0, 0.05) is 30.6 Å². The van der Waals surface area contributed by atoms with Gasteiger partial charge in [0.25, 0.3) is 0 Å². The van der Waals surface area contributed by atoms with Crippen molar-refractivity contribution in [2.75, 3.05) is 29.9 Å². The molecule has 0 unspecified atom stereocenters. The molecule has 4 nitrogen and oxygen atoms in total. The second kappa shape index (κ2) is 7.10. The Labute approximate surface area is 130 Å². The Kier molecular flexibility index (Phi) is 5.99. The number of rotatable bonds is 6. The Bertz CT molecular complexity index is 461. The number of hydrogen-bond donors (Lipinski definition) is 1.